The molecule has 1 saturated carbocycles. The minimum atomic E-state index is -0.544. The predicted molar refractivity (Wildman–Crippen MR) is 212 cm³/mol. The fourth-order valence-electron chi connectivity index (χ4n) is 8.16. The summed E-state index contributed by atoms with van der Waals surface area (Å²) in [5, 5.41) is 2.28. The monoisotopic (exact) mass is 734 g/mol. The molecule has 10 nitrogen and oxygen atoms in total. The Morgan fingerprint density at radius 1 is 0.745 bits per heavy atom. The van der Waals surface area contributed by atoms with Gasteiger partial charge >= 0.3 is 12.2 Å². The molecular formula is C45H46N6O4. The summed E-state index contributed by atoms with van der Waals surface area (Å²) >= 11 is 0. The van der Waals surface area contributed by atoms with Crippen LogP contribution in [-0.2, 0) is 16.1 Å². The topological polar surface area (TPSA) is 116 Å². The number of benzene rings is 4. The van der Waals surface area contributed by atoms with E-state index in [0.29, 0.717) is 6.54 Å². The lowest BCUT2D eigenvalue weighted by Gasteiger charge is -2.27. The zero-order valence-electron chi connectivity index (χ0n) is 31.5. The maximum Gasteiger partial charge on any atom is 0.410 e. The predicted octanol–water partition coefficient (Wildman–Crippen LogP) is 10.2. The van der Waals surface area contributed by atoms with Gasteiger partial charge in [-0.3, -0.25) is 9.80 Å². The average Bonchev–Trinajstić information content (AvgIpc) is 3.72. The van der Waals surface area contributed by atoms with E-state index in [2.05, 4.69) is 70.6 Å². The van der Waals surface area contributed by atoms with Gasteiger partial charge in [-0.2, -0.15) is 0 Å². The Balaban J connectivity index is 0.868. The second kappa shape index (κ2) is 13.7. The zero-order valence-corrected chi connectivity index (χ0v) is 31.5. The van der Waals surface area contributed by atoms with Gasteiger partial charge in [0, 0.05) is 18.7 Å². The van der Waals surface area contributed by atoms with Crippen LogP contribution in [0.2, 0.25) is 0 Å². The van der Waals surface area contributed by atoms with Gasteiger partial charge in [0.05, 0.1) is 35.9 Å². The summed E-state index contributed by atoms with van der Waals surface area (Å²) in [5.74, 6) is 1.59. The molecule has 3 fully saturated rings. The number of carbonyl (C=O) groups excluding carboxylic acids is 2. The molecule has 55 heavy (non-hydrogen) atoms. The number of ether oxygens (including phenoxy) is 2. The van der Waals surface area contributed by atoms with Crippen molar-refractivity contribution >= 4 is 23.0 Å². The van der Waals surface area contributed by atoms with Gasteiger partial charge in [0.2, 0.25) is 0 Å². The summed E-state index contributed by atoms with van der Waals surface area (Å²) in [5.41, 5.74) is 6.82. The first-order chi connectivity index (χ1) is 26.6. The van der Waals surface area contributed by atoms with E-state index in [4.69, 9.17) is 19.4 Å². The molecule has 1 aliphatic carbocycles. The summed E-state index contributed by atoms with van der Waals surface area (Å²) in [4.78, 5) is 46.3. The highest BCUT2D eigenvalue weighted by Gasteiger charge is 2.55. The first-order valence-corrected chi connectivity index (χ1v) is 19.3. The second-order valence-corrected chi connectivity index (χ2v) is 16.4. The van der Waals surface area contributed by atoms with Gasteiger partial charge in [-0.1, -0.05) is 78.9 Å². The van der Waals surface area contributed by atoms with Crippen LogP contribution in [0.1, 0.15) is 82.2 Å². The van der Waals surface area contributed by atoms with Gasteiger partial charge in [-0.15, -0.1) is 0 Å². The number of rotatable bonds is 7. The average molecular weight is 735 g/mol. The minimum Gasteiger partial charge on any atom is -0.445 e. The van der Waals surface area contributed by atoms with E-state index < -0.39 is 5.60 Å². The van der Waals surface area contributed by atoms with E-state index in [1.807, 2.05) is 68.4 Å². The largest absolute Gasteiger partial charge is 0.445 e. The summed E-state index contributed by atoms with van der Waals surface area (Å²) in [6, 6.07) is 31.0. The molecule has 9 rings (SSSR count). The van der Waals surface area contributed by atoms with Gasteiger partial charge in [0.1, 0.15) is 23.9 Å². The summed E-state index contributed by atoms with van der Waals surface area (Å²) in [6.07, 6.45) is 8.11. The molecule has 0 bridgehead atoms. The Labute approximate surface area is 320 Å². The SMILES string of the molecule is CC(C)(C)OC(=O)N1CC2(CC2)C[C@H]1c1ncc(-c2ccc(-c3ccc4cc(-c5cnc([C@@H]6CCCN6C(=O)OCc6ccccc6)[nH]5)ccc4c3)cc2)[nH]1. The molecule has 2 atom stereocenters. The number of carbonyl (C=O) groups is 2. The van der Waals surface area contributed by atoms with E-state index in [-0.39, 0.29) is 36.3 Å². The molecule has 1 spiro atoms. The number of nitrogens with zero attached hydrogens (tertiary/aromatic N) is 4. The van der Waals surface area contributed by atoms with Crippen LogP contribution >= 0.6 is 0 Å². The lowest BCUT2D eigenvalue weighted by molar-refractivity contribution is 0.0212. The molecule has 2 aliphatic heterocycles. The number of hydrogen-bond acceptors (Lipinski definition) is 6. The first-order valence-electron chi connectivity index (χ1n) is 19.3. The smallest absolute Gasteiger partial charge is 0.410 e. The van der Waals surface area contributed by atoms with Gasteiger partial charge in [0.25, 0.3) is 0 Å². The third-order valence-electron chi connectivity index (χ3n) is 11.3. The van der Waals surface area contributed by atoms with E-state index in [0.717, 1.165) is 100 Å². The maximum atomic E-state index is 13.1. The van der Waals surface area contributed by atoms with Crippen LogP contribution in [0.15, 0.2) is 103 Å². The first kappa shape index (κ1) is 34.8. The van der Waals surface area contributed by atoms with Crippen molar-refractivity contribution in [2.75, 3.05) is 13.1 Å². The van der Waals surface area contributed by atoms with Crippen LogP contribution in [0.4, 0.5) is 9.59 Å². The highest BCUT2D eigenvalue weighted by molar-refractivity contribution is 5.90. The minimum absolute atomic E-state index is 0.113. The molecule has 4 aromatic carbocycles. The Kier molecular flexibility index (Phi) is 8.71. The summed E-state index contributed by atoms with van der Waals surface area (Å²) < 4.78 is 11.4. The Morgan fingerprint density at radius 3 is 2.05 bits per heavy atom. The zero-order chi connectivity index (χ0) is 37.7. The normalized spacial score (nSPS) is 19.0. The summed E-state index contributed by atoms with van der Waals surface area (Å²) in [6.45, 7) is 7.35. The molecule has 2 saturated heterocycles. The molecule has 3 aliphatic rings. The third-order valence-corrected chi connectivity index (χ3v) is 11.3. The van der Waals surface area contributed by atoms with Crippen LogP contribution in [0.3, 0.4) is 0 Å². The van der Waals surface area contributed by atoms with Crippen molar-refractivity contribution < 1.29 is 19.1 Å². The Bertz CT molecular complexity index is 2350. The van der Waals surface area contributed by atoms with E-state index in [9.17, 15) is 9.59 Å². The molecule has 2 amide bonds. The number of hydrogen-bond donors (Lipinski definition) is 2. The number of likely N-dealkylation sites (tertiary alicyclic amines) is 2. The molecule has 4 heterocycles. The Hall–Kier alpha value is -5.90. The number of fused-ring (bicyclic) bond motifs is 1. The highest BCUT2D eigenvalue weighted by atomic mass is 16.6. The number of H-pyrrole nitrogens is 2. The van der Waals surface area contributed by atoms with Crippen LogP contribution in [0.25, 0.3) is 44.4 Å². The van der Waals surface area contributed by atoms with Gasteiger partial charge < -0.3 is 19.4 Å². The van der Waals surface area contributed by atoms with Crippen LogP contribution in [0.5, 0.6) is 0 Å². The highest BCUT2D eigenvalue weighted by Crippen LogP contribution is 2.58. The van der Waals surface area contributed by atoms with Crippen molar-refractivity contribution in [1.82, 2.24) is 29.7 Å². The molecule has 2 aromatic heterocycles. The molecule has 280 valence electrons. The fraction of sp³-hybridized carbons (Fsp3) is 0.333. The van der Waals surface area contributed by atoms with Crippen LogP contribution < -0.4 is 0 Å². The standard InChI is InChI=1S/C45H46N6O4/c1-44(2,3)55-43(53)51-28-45(19-20-45)24-39(51)41-47-25-36(48-41)31-13-11-30(12-14-31)32-15-16-34-23-35(18-17-33(34)22-32)37-26-46-40(49-37)38-10-7-21-50(38)42(52)54-27-29-8-5-4-6-9-29/h4-6,8-9,11-18,22-23,25-26,38-39H,7,10,19-21,24,27-28H2,1-3H3,(H,46,49)(H,47,48)/t38-,39-/m0/s1. The Morgan fingerprint density at radius 2 is 1.36 bits per heavy atom. The number of aromatic amines is 2. The maximum absolute atomic E-state index is 13.1. The van der Waals surface area contributed by atoms with Crippen LogP contribution in [-0.4, -0.2) is 60.6 Å². The quantitative estimate of drug-likeness (QED) is 0.169. The van der Waals surface area contributed by atoms with Crippen molar-refractivity contribution in [3.8, 4) is 33.6 Å². The van der Waals surface area contributed by atoms with Gasteiger partial charge in [0.15, 0.2) is 0 Å². The number of amides is 2. The molecule has 0 unspecified atom stereocenters. The van der Waals surface area contributed by atoms with E-state index in [1.165, 1.54) is 0 Å². The van der Waals surface area contributed by atoms with E-state index in [1.54, 1.807) is 4.90 Å². The molecule has 2 N–H and O–H groups in total. The lowest BCUT2D eigenvalue weighted by atomic mass is 9.98. The van der Waals surface area contributed by atoms with Crippen molar-refractivity contribution in [3.63, 3.8) is 0 Å². The number of aromatic nitrogens is 4. The van der Waals surface area contributed by atoms with Gasteiger partial charge in [-0.25, -0.2) is 19.6 Å². The number of nitrogens with one attached hydrogen (secondary N) is 2. The third kappa shape index (κ3) is 7.21. The van der Waals surface area contributed by atoms with Gasteiger partial charge in [-0.05, 0) is 103 Å². The van der Waals surface area contributed by atoms with Crippen molar-refractivity contribution in [3.05, 3.63) is 121 Å². The molecule has 10 heteroatoms. The second-order valence-electron chi connectivity index (χ2n) is 16.4. The molecular weight excluding hydrogens is 689 g/mol. The molecule has 0 radical (unpaired) electrons. The lowest BCUT2D eigenvalue weighted by Crippen LogP contribution is -2.37. The van der Waals surface area contributed by atoms with Crippen molar-refractivity contribution in [2.45, 2.75) is 77.2 Å². The van der Waals surface area contributed by atoms with Crippen LogP contribution in [0, 0.1) is 5.41 Å². The van der Waals surface area contributed by atoms with Crippen molar-refractivity contribution in [2.24, 2.45) is 5.41 Å². The molecule has 6 aromatic rings. The van der Waals surface area contributed by atoms with E-state index >= 15 is 0 Å². The summed E-state index contributed by atoms with van der Waals surface area (Å²) in [7, 11) is 0. The number of imidazole rings is 2. The van der Waals surface area contributed by atoms with Crippen molar-refractivity contribution in [1.29, 1.82) is 0 Å². The fourth-order valence-corrected chi connectivity index (χ4v) is 8.16.